The lowest BCUT2D eigenvalue weighted by molar-refractivity contribution is -0.140. The number of esters is 1. The Hall–Kier alpha value is -1.94. The van der Waals surface area contributed by atoms with E-state index in [0.717, 1.165) is 11.1 Å². The molecule has 0 saturated heterocycles. The molecule has 0 N–H and O–H groups in total. The van der Waals surface area contributed by atoms with E-state index in [-0.39, 0.29) is 13.2 Å². The van der Waals surface area contributed by atoms with Gasteiger partial charge in [-0.25, -0.2) is 0 Å². The summed E-state index contributed by atoms with van der Waals surface area (Å²) in [6, 6.07) is 17.1. The van der Waals surface area contributed by atoms with E-state index in [2.05, 4.69) is 0 Å². The maximum absolute atomic E-state index is 13.1. The minimum Gasteiger partial charge on any atom is -0.468 e. The fraction of sp³-hybridized carbons (Fsp3) is 0.316. The van der Waals surface area contributed by atoms with Gasteiger partial charge in [0.2, 0.25) is 0 Å². The minimum atomic E-state index is -3.69. The number of ether oxygens (including phenoxy) is 1. The van der Waals surface area contributed by atoms with Gasteiger partial charge in [-0.2, -0.15) is 0 Å². The predicted molar refractivity (Wildman–Crippen MR) is 97.5 cm³/mol. The predicted octanol–water partition coefficient (Wildman–Crippen LogP) is 4.83. The van der Waals surface area contributed by atoms with Gasteiger partial charge in [-0.1, -0.05) is 54.6 Å². The van der Waals surface area contributed by atoms with Crippen LogP contribution in [0.15, 0.2) is 54.6 Å². The number of rotatable bonds is 8. The average Bonchev–Trinajstić information content (AvgIpc) is 2.63. The van der Waals surface area contributed by atoms with Crippen LogP contribution in [0.3, 0.4) is 0 Å². The van der Waals surface area contributed by atoms with Crippen molar-refractivity contribution >= 4 is 13.6 Å². The fourth-order valence-corrected chi connectivity index (χ4v) is 4.59. The molecule has 0 aliphatic heterocycles. The second-order valence-corrected chi connectivity index (χ2v) is 7.40. The molecule has 2 rings (SSSR count). The molecule has 0 saturated carbocycles. The van der Waals surface area contributed by atoms with Crippen molar-refractivity contribution < 1.29 is 23.1 Å². The smallest absolute Gasteiger partial charge is 0.349 e. The molecule has 0 aliphatic carbocycles. The van der Waals surface area contributed by atoms with E-state index < -0.39 is 19.2 Å². The van der Waals surface area contributed by atoms with Crippen LogP contribution in [0.1, 0.15) is 25.1 Å². The van der Waals surface area contributed by atoms with E-state index in [1.807, 2.05) is 42.5 Å². The topological polar surface area (TPSA) is 61.8 Å². The molecular weight excluding hydrogens is 339 g/mol. The van der Waals surface area contributed by atoms with Gasteiger partial charge in [0.05, 0.1) is 20.3 Å². The van der Waals surface area contributed by atoms with Crippen LogP contribution in [0.2, 0.25) is 0 Å². The molecule has 0 spiro atoms. The van der Waals surface area contributed by atoms with E-state index in [4.69, 9.17) is 13.8 Å². The Balaban J connectivity index is 2.41. The quantitative estimate of drug-likeness (QED) is 0.497. The van der Waals surface area contributed by atoms with Crippen LogP contribution in [0.4, 0.5) is 0 Å². The molecule has 0 aliphatic rings. The molecule has 134 valence electrons. The van der Waals surface area contributed by atoms with E-state index in [1.54, 1.807) is 26.0 Å². The maximum Gasteiger partial charge on any atom is 0.349 e. The lowest BCUT2D eigenvalue weighted by atomic mass is 10.0. The molecule has 1 atom stereocenters. The Kier molecular flexibility index (Phi) is 6.94. The van der Waals surface area contributed by atoms with Gasteiger partial charge in [-0.15, -0.1) is 0 Å². The first-order valence-corrected chi connectivity index (χ1v) is 9.79. The Labute approximate surface area is 148 Å². The van der Waals surface area contributed by atoms with E-state index in [1.165, 1.54) is 7.11 Å². The Morgan fingerprint density at radius 2 is 1.44 bits per heavy atom. The van der Waals surface area contributed by atoms with Crippen LogP contribution in [0.25, 0.3) is 11.1 Å². The van der Waals surface area contributed by atoms with Gasteiger partial charge in [-0.3, -0.25) is 9.36 Å². The highest BCUT2D eigenvalue weighted by Gasteiger charge is 2.43. The molecule has 0 fully saturated rings. The standard InChI is InChI=1S/C19H23O5P/c1-4-23-25(21,24-5-2)18(19(20)22-3)17-13-11-16(12-14-17)15-9-7-6-8-10-15/h6-14,18H,4-5H2,1-3H3/t18-/m0/s1. The summed E-state index contributed by atoms with van der Waals surface area (Å²) in [4.78, 5) is 12.3. The van der Waals surface area contributed by atoms with Gasteiger partial charge in [0.1, 0.15) is 0 Å². The lowest BCUT2D eigenvalue weighted by Gasteiger charge is -2.24. The zero-order valence-electron chi connectivity index (χ0n) is 14.7. The summed E-state index contributed by atoms with van der Waals surface area (Å²) >= 11 is 0. The van der Waals surface area contributed by atoms with Crippen LogP contribution in [-0.2, 0) is 23.1 Å². The van der Waals surface area contributed by atoms with Crippen LogP contribution in [0.5, 0.6) is 0 Å². The SMILES string of the molecule is CCOP(=O)(OCC)[C@H](C(=O)OC)c1ccc(-c2ccccc2)cc1. The third kappa shape index (κ3) is 4.57. The van der Waals surface area contributed by atoms with Gasteiger partial charge in [0.15, 0.2) is 5.66 Å². The molecule has 5 nitrogen and oxygen atoms in total. The zero-order chi connectivity index (χ0) is 18.3. The van der Waals surface area contributed by atoms with Crippen molar-refractivity contribution in [1.29, 1.82) is 0 Å². The highest BCUT2D eigenvalue weighted by atomic mass is 31.2. The molecule has 6 heteroatoms. The van der Waals surface area contributed by atoms with Crippen molar-refractivity contribution in [3.05, 3.63) is 60.2 Å². The van der Waals surface area contributed by atoms with Crippen molar-refractivity contribution in [1.82, 2.24) is 0 Å². The third-order valence-corrected chi connectivity index (χ3v) is 6.07. The van der Waals surface area contributed by atoms with Gasteiger partial charge in [0.25, 0.3) is 0 Å². The first-order chi connectivity index (χ1) is 12.1. The van der Waals surface area contributed by atoms with Crippen LogP contribution >= 0.6 is 7.60 Å². The molecular formula is C19H23O5P. The van der Waals surface area contributed by atoms with Crippen LogP contribution < -0.4 is 0 Å². The van der Waals surface area contributed by atoms with Gasteiger partial charge in [-0.05, 0) is 30.5 Å². The molecule has 0 aromatic heterocycles. The summed E-state index contributed by atoms with van der Waals surface area (Å²) in [5, 5.41) is 0. The van der Waals surface area contributed by atoms with Crippen LogP contribution in [0, 0.1) is 0 Å². The van der Waals surface area contributed by atoms with E-state index in [9.17, 15) is 9.36 Å². The lowest BCUT2D eigenvalue weighted by Crippen LogP contribution is -2.17. The van der Waals surface area contributed by atoms with E-state index >= 15 is 0 Å². The zero-order valence-corrected chi connectivity index (χ0v) is 15.6. The number of hydrogen-bond donors (Lipinski definition) is 0. The Morgan fingerprint density at radius 1 is 0.920 bits per heavy atom. The first-order valence-electron chi connectivity index (χ1n) is 8.17. The largest absolute Gasteiger partial charge is 0.468 e. The number of hydrogen-bond acceptors (Lipinski definition) is 5. The number of carbonyl (C=O) groups is 1. The fourth-order valence-electron chi connectivity index (χ4n) is 2.59. The highest BCUT2D eigenvalue weighted by Crippen LogP contribution is 2.61. The summed E-state index contributed by atoms with van der Waals surface area (Å²) in [5.74, 6) is -0.641. The van der Waals surface area contributed by atoms with E-state index in [0.29, 0.717) is 5.56 Å². The Bertz CT molecular complexity index is 717. The summed E-state index contributed by atoms with van der Waals surface area (Å²) in [5.41, 5.74) is 1.48. The normalized spacial score (nSPS) is 12.6. The number of carbonyl (C=O) groups excluding carboxylic acids is 1. The molecule has 0 bridgehead atoms. The second-order valence-electron chi connectivity index (χ2n) is 5.29. The maximum atomic E-state index is 13.1. The minimum absolute atomic E-state index is 0.173. The monoisotopic (exact) mass is 362 g/mol. The molecule has 25 heavy (non-hydrogen) atoms. The Morgan fingerprint density at radius 3 is 1.92 bits per heavy atom. The molecule has 0 heterocycles. The first kappa shape index (κ1) is 19.4. The van der Waals surface area contributed by atoms with Crippen molar-refractivity contribution in [3.8, 4) is 11.1 Å². The number of methoxy groups -OCH3 is 1. The third-order valence-electron chi connectivity index (χ3n) is 3.69. The highest BCUT2D eigenvalue weighted by molar-refractivity contribution is 7.55. The summed E-state index contributed by atoms with van der Waals surface area (Å²) < 4.78 is 28.7. The summed E-state index contributed by atoms with van der Waals surface area (Å²) in [6.07, 6.45) is 0. The second kappa shape index (κ2) is 8.95. The summed E-state index contributed by atoms with van der Waals surface area (Å²) in [7, 11) is -2.43. The number of benzene rings is 2. The van der Waals surface area contributed by atoms with Crippen molar-refractivity contribution in [2.45, 2.75) is 19.5 Å². The van der Waals surface area contributed by atoms with Crippen molar-refractivity contribution in [3.63, 3.8) is 0 Å². The molecule has 0 amide bonds. The molecule has 0 unspecified atom stereocenters. The molecule has 2 aromatic carbocycles. The average molecular weight is 362 g/mol. The summed E-state index contributed by atoms with van der Waals surface area (Å²) in [6.45, 7) is 3.76. The molecule has 0 radical (unpaired) electrons. The van der Waals surface area contributed by atoms with Crippen molar-refractivity contribution in [2.24, 2.45) is 0 Å². The van der Waals surface area contributed by atoms with Crippen LogP contribution in [-0.4, -0.2) is 26.3 Å². The van der Waals surface area contributed by atoms with Gasteiger partial charge in [0, 0.05) is 0 Å². The van der Waals surface area contributed by atoms with Gasteiger partial charge >= 0.3 is 13.6 Å². The molecule has 2 aromatic rings. The van der Waals surface area contributed by atoms with Crippen molar-refractivity contribution in [2.75, 3.05) is 20.3 Å². The van der Waals surface area contributed by atoms with Gasteiger partial charge < -0.3 is 13.8 Å².